The van der Waals surface area contributed by atoms with Gasteiger partial charge < -0.3 is 4.55 Å². The van der Waals surface area contributed by atoms with Gasteiger partial charge in [0.15, 0.2) is 9.79 Å². The molecule has 178 valence electrons. The normalized spacial score (nSPS) is 12.1. The second kappa shape index (κ2) is 8.32. The van der Waals surface area contributed by atoms with Gasteiger partial charge >= 0.3 is 0 Å². The Kier molecular flexibility index (Phi) is 4.75. The molecule has 0 aliphatic carbocycles. The van der Waals surface area contributed by atoms with Gasteiger partial charge in [0.2, 0.25) is 0 Å². The van der Waals surface area contributed by atoms with Crippen LogP contribution in [-0.2, 0) is 11.2 Å². The maximum absolute atomic E-state index is 13.7. The Morgan fingerprint density at radius 3 is 1.11 bits per heavy atom. The predicted molar refractivity (Wildman–Crippen MR) is 163 cm³/mol. The lowest BCUT2D eigenvalue weighted by atomic mass is 9.98. The fourth-order valence-corrected chi connectivity index (χ4v) is 6.96. The van der Waals surface area contributed by atoms with Crippen LogP contribution in [-0.4, -0.2) is 4.55 Å². The first-order chi connectivity index (χ1) is 18.7. The molecule has 0 aliphatic rings. The maximum Gasteiger partial charge on any atom is 0.159 e. The van der Waals surface area contributed by atoms with E-state index in [1.54, 1.807) is 0 Å². The second-order valence-electron chi connectivity index (χ2n) is 10.0. The number of hydrogen-bond donors (Lipinski definition) is 0. The van der Waals surface area contributed by atoms with E-state index >= 15 is 0 Å². The first-order valence-corrected chi connectivity index (χ1v) is 14.0. The van der Waals surface area contributed by atoms with Crippen molar-refractivity contribution >= 4 is 75.8 Å². The van der Waals surface area contributed by atoms with Gasteiger partial charge in [-0.1, -0.05) is 72.8 Å². The zero-order chi connectivity index (χ0) is 25.2. The van der Waals surface area contributed by atoms with Crippen molar-refractivity contribution in [2.45, 2.75) is 9.79 Å². The molecule has 0 spiro atoms. The molecule has 0 bridgehead atoms. The van der Waals surface area contributed by atoms with Crippen molar-refractivity contribution < 1.29 is 4.55 Å². The Labute approximate surface area is 223 Å². The molecule has 0 unspecified atom stereocenters. The fourth-order valence-electron chi connectivity index (χ4n) is 5.83. The fraction of sp³-hybridized carbons (Fsp3) is 0. The van der Waals surface area contributed by atoms with Crippen molar-refractivity contribution in [3.63, 3.8) is 0 Å². The summed E-state index contributed by atoms with van der Waals surface area (Å²) in [5.41, 5.74) is 0. The van der Waals surface area contributed by atoms with Crippen molar-refractivity contribution in [3.05, 3.63) is 133 Å². The largest absolute Gasteiger partial charge is 0.606 e. The van der Waals surface area contributed by atoms with E-state index in [1.807, 2.05) is 12.1 Å². The van der Waals surface area contributed by atoms with Crippen molar-refractivity contribution in [3.8, 4) is 0 Å². The van der Waals surface area contributed by atoms with Crippen LogP contribution >= 0.6 is 0 Å². The van der Waals surface area contributed by atoms with Gasteiger partial charge in [-0.25, -0.2) is 0 Å². The van der Waals surface area contributed by atoms with Crippen LogP contribution in [0.4, 0.5) is 0 Å². The summed E-state index contributed by atoms with van der Waals surface area (Å²) in [5.74, 6) is 0. The maximum atomic E-state index is 13.7. The molecule has 0 atom stereocenters. The third-order valence-electron chi connectivity index (χ3n) is 7.78. The summed E-state index contributed by atoms with van der Waals surface area (Å²) in [6, 6.07) is 47.0. The summed E-state index contributed by atoms with van der Waals surface area (Å²) in [7, 11) is 0. The van der Waals surface area contributed by atoms with Gasteiger partial charge in [0, 0.05) is 23.3 Å². The zero-order valence-electron chi connectivity index (χ0n) is 20.5. The molecule has 0 fully saturated rings. The Morgan fingerprint density at radius 1 is 0.316 bits per heavy atom. The molecular weight excluding hydrogens is 480 g/mol. The molecule has 0 heterocycles. The molecule has 0 saturated carbocycles. The van der Waals surface area contributed by atoms with E-state index in [1.165, 1.54) is 53.9 Å². The lowest BCUT2D eigenvalue weighted by Gasteiger charge is -2.13. The topological polar surface area (TPSA) is 23.1 Å². The molecule has 0 saturated heterocycles. The van der Waals surface area contributed by atoms with Crippen LogP contribution in [0, 0.1) is 0 Å². The summed E-state index contributed by atoms with van der Waals surface area (Å²) < 4.78 is 13.7. The Bertz CT molecular complexity index is 2050. The van der Waals surface area contributed by atoms with Crippen molar-refractivity contribution in [2.24, 2.45) is 0 Å². The minimum Gasteiger partial charge on any atom is -0.606 e. The van der Waals surface area contributed by atoms with E-state index in [2.05, 4.69) is 121 Å². The average molecular weight is 503 g/mol. The molecule has 0 radical (unpaired) electrons. The van der Waals surface area contributed by atoms with E-state index in [-0.39, 0.29) is 0 Å². The van der Waals surface area contributed by atoms with E-state index in [0.29, 0.717) is 0 Å². The molecule has 2 heteroatoms. The van der Waals surface area contributed by atoms with Crippen LogP contribution in [0.3, 0.4) is 0 Å². The van der Waals surface area contributed by atoms with E-state index in [0.717, 1.165) is 20.6 Å². The van der Waals surface area contributed by atoms with Crippen LogP contribution in [0.15, 0.2) is 143 Å². The van der Waals surface area contributed by atoms with Crippen molar-refractivity contribution in [1.82, 2.24) is 0 Å². The molecule has 0 aromatic heterocycles. The summed E-state index contributed by atoms with van der Waals surface area (Å²) in [5, 5.41) is 14.4. The molecular formula is C36H22OS. The van der Waals surface area contributed by atoms with Crippen LogP contribution in [0.5, 0.6) is 0 Å². The van der Waals surface area contributed by atoms with E-state index in [4.69, 9.17) is 0 Å². The summed E-state index contributed by atoms with van der Waals surface area (Å²) in [6.07, 6.45) is 0. The van der Waals surface area contributed by atoms with Crippen LogP contribution < -0.4 is 0 Å². The summed E-state index contributed by atoms with van der Waals surface area (Å²) in [6.45, 7) is 0. The van der Waals surface area contributed by atoms with Gasteiger partial charge in [0.25, 0.3) is 0 Å². The minimum atomic E-state index is -1.27. The molecule has 0 aliphatic heterocycles. The van der Waals surface area contributed by atoms with Gasteiger partial charge in [-0.15, -0.1) is 0 Å². The third kappa shape index (κ3) is 3.39. The monoisotopic (exact) mass is 502 g/mol. The number of hydrogen-bond acceptors (Lipinski definition) is 1. The van der Waals surface area contributed by atoms with E-state index in [9.17, 15) is 4.55 Å². The molecule has 0 N–H and O–H groups in total. The first kappa shape index (κ1) is 21.7. The van der Waals surface area contributed by atoms with Gasteiger partial charge in [0.1, 0.15) is 0 Å². The number of fused-ring (bicyclic) bond motifs is 8. The number of benzene rings is 8. The third-order valence-corrected chi connectivity index (χ3v) is 9.14. The highest BCUT2D eigenvalue weighted by atomic mass is 32.2. The second-order valence-corrected chi connectivity index (χ2v) is 11.5. The predicted octanol–water partition coefficient (Wildman–Crippen LogP) is 9.77. The minimum absolute atomic E-state index is 0.823. The van der Waals surface area contributed by atoms with Gasteiger partial charge in [-0.05, 0) is 113 Å². The van der Waals surface area contributed by atoms with Crippen molar-refractivity contribution in [1.29, 1.82) is 0 Å². The number of rotatable bonds is 2. The highest BCUT2D eigenvalue weighted by Gasteiger charge is 2.17. The summed E-state index contributed by atoms with van der Waals surface area (Å²) in [4.78, 5) is 1.65. The van der Waals surface area contributed by atoms with Gasteiger partial charge in [-0.2, -0.15) is 0 Å². The molecule has 38 heavy (non-hydrogen) atoms. The zero-order valence-corrected chi connectivity index (χ0v) is 21.3. The Hall–Kier alpha value is -4.37. The van der Waals surface area contributed by atoms with Gasteiger partial charge in [0.05, 0.1) is 0 Å². The van der Waals surface area contributed by atoms with Crippen LogP contribution in [0.25, 0.3) is 64.6 Å². The molecule has 0 amide bonds. The quantitative estimate of drug-likeness (QED) is 0.131. The van der Waals surface area contributed by atoms with Crippen LogP contribution in [0.2, 0.25) is 0 Å². The van der Waals surface area contributed by atoms with Crippen molar-refractivity contribution in [2.75, 3.05) is 0 Å². The van der Waals surface area contributed by atoms with E-state index < -0.39 is 11.2 Å². The Balaban J connectivity index is 1.22. The molecule has 8 aromatic rings. The van der Waals surface area contributed by atoms with Gasteiger partial charge in [-0.3, -0.25) is 0 Å². The highest BCUT2D eigenvalue weighted by molar-refractivity contribution is 7.91. The standard InChI is InChI=1S/C36H22OS/c37-38(31-13-15-33-29(19-31)11-9-27-17-23-5-1-3-7-25(23)21-35(27)33)32-14-16-34-30(20-32)12-10-28-18-24-6-2-4-8-26(24)22-36(28)34/h1-22H. The SMILES string of the molecule is [O-][S+](c1ccc2c(ccc3cc4ccccc4cc32)c1)c1ccc2c(ccc3cc4ccccc4cc32)c1. The smallest absolute Gasteiger partial charge is 0.159 e. The molecule has 1 nitrogen and oxygen atoms in total. The van der Waals surface area contributed by atoms with Crippen LogP contribution in [0.1, 0.15) is 0 Å². The molecule has 8 rings (SSSR count). The lowest BCUT2D eigenvalue weighted by Crippen LogP contribution is -2.02. The average Bonchev–Trinajstić information content (AvgIpc) is 2.98. The first-order valence-electron chi connectivity index (χ1n) is 12.8. The highest BCUT2D eigenvalue weighted by Crippen LogP contribution is 2.34. The lowest BCUT2D eigenvalue weighted by molar-refractivity contribution is 0.595. The Morgan fingerprint density at radius 2 is 0.684 bits per heavy atom. The summed E-state index contributed by atoms with van der Waals surface area (Å²) >= 11 is -1.27. The molecule has 8 aromatic carbocycles.